The first-order valence-electron chi connectivity index (χ1n) is 4.80. The number of benzene rings is 1. The first kappa shape index (κ1) is 11.4. The summed E-state index contributed by atoms with van der Waals surface area (Å²) in [5.74, 6) is -1.08. The van der Waals surface area contributed by atoms with Crippen LogP contribution in [0.4, 0.5) is 0 Å². The van der Waals surface area contributed by atoms with Crippen molar-refractivity contribution in [3.8, 4) is 11.3 Å². The van der Waals surface area contributed by atoms with Gasteiger partial charge in [0.1, 0.15) is 0 Å². The predicted octanol–water partition coefficient (Wildman–Crippen LogP) is 2.39. The van der Waals surface area contributed by atoms with Crippen LogP contribution < -0.4 is 5.56 Å². The second-order valence-corrected chi connectivity index (χ2v) is 3.84. The number of aromatic carboxylic acids is 1. The van der Waals surface area contributed by atoms with E-state index in [1.165, 1.54) is 18.2 Å². The zero-order valence-electron chi connectivity index (χ0n) is 8.61. The van der Waals surface area contributed by atoms with E-state index in [4.69, 9.17) is 16.7 Å². The summed E-state index contributed by atoms with van der Waals surface area (Å²) in [6, 6.07) is 9.25. The number of nitrogens with one attached hydrogen (secondary N) is 1. The zero-order chi connectivity index (χ0) is 12.4. The molecular weight excluding hydrogens is 242 g/mol. The summed E-state index contributed by atoms with van der Waals surface area (Å²) in [5, 5.41) is 8.97. The number of rotatable bonds is 2. The van der Waals surface area contributed by atoms with Crippen LogP contribution in [0.25, 0.3) is 11.3 Å². The van der Waals surface area contributed by atoms with Crippen LogP contribution in [-0.2, 0) is 0 Å². The molecule has 2 N–H and O–H groups in total. The number of carbonyl (C=O) groups is 1. The fourth-order valence-corrected chi connectivity index (χ4v) is 1.73. The van der Waals surface area contributed by atoms with Gasteiger partial charge in [-0.2, -0.15) is 0 Å². The number of carboxylic acids is 1. The van der Waals surface area contributed by atoms with E-state index in [0.717, 1.165) is 0 Å². The summed E-state index contributed by atoms with van der Waals surface area (Å²) in [6.07, 6.45) is 0. The van der Waals surface area contributed by atoms with E-state index in [1.807, 2.05) is 0 Å². The smallest absolute Gasteiger partial charge is 0.337 e. The molecule has 0 amide bonds. The molecule has 5 heteroatoms. The third-order valence-corrected chi connectivity index (χ3v) is 2.59. The highest BCUT2D eigenvalue weighted by atomic mass is 35.5. The highest BCUT2D eigenvalue weighted by molar-refractivity contribution is 6.33. The Morgan fingerprint density at radius 2 is 2.00 bits per heavy atom. The van der Waals surface area contributed by atoms with E-state index in [-0.39, 0.29) is 16.1 Å². The van der Waals surface area contributed by atoms with Gasteiger partial charge in [-0.25, -0.2) is 4.79 Å². The SMILES string of the molecule is O=C(O)c1ccc(-c2cccc(=O)[nH]2)cc1Cl. The van der Waals surface area contributed by atoms with Crippen molar-refractivity contribution in [2.45, 2.75) is 0 Å². The summed E-state index contributed by atoms with van der Waals surface area (Å²) in [4.78, 5) is 24.6. The van der Waals surface area contributed by atoms with Crippen LogP contribution in [0.5, 0.6) is 0 Å². The molecule has 0 atom stereocenters. The van der Waals surface area contributed by atoms with Crippen LogP contribution in [0.3, 0.4) is 0 Å². The van der Waals surface area contributed by atoms with Crippen molar-refractivity contribution in [1.29, 1.82) is 0 Å². The number of H-pyrrole nitrogens is 1. The number of pyridine rings is 1. The van der Waals surface area contributed by atoms with Crippen LogP contribution in [0.2, 0.25) is 5.02 Å². The summed E-state index contributed by atoms with van der Waals surface area (Å²) in [6.45, 7) is 0. The molecular formula is C12H8ClNO3. The molecule has 0 fully saturated rings. The quantitative estimate of drug-likeness (QED) is 0.859. The lowest BCUT2D eigenvalue weighted by atomic mass is 10.1. The Bertz CT molecular complexity index is 634. The molecule has 0 spiro atoms. The van der Waals surface area contributed by atoms with E-state index in [0.29, 0.717) is 11.3 Å². The maximum absolute atomic E-state index is 11.1. The van der Waals surface area contributed by atoms with E-state index < -0.39 is 5.97 Å². The molecule has 17 heavy (non-hydrogen) atoms. The van der Waals surface area contributed by atoms with Gasteiger partial charge in [0.25, 0.3) is 0 Å². The van der Waals surface area contributed by atoms with Crippen molar-refractivity contribution in [2.75, 3.05) is 0 Å². The minimum atomic E-state index is -1.08. The molecule has 0 saturated carbocycles. The minimum absolute atomic E-state index is 0.0358. The molecule has 0 unspecified atom stereocenters. The number of hydrogen-bond donors (Lipinski definition) is 2. The Hall–Kier alpha value is -2.07. The largest absolute Gasteiger partial charge is 0.478 e. The van der Waals surface area contributed by atoms with Crippen molar-refractivity contribution in [3.63, 3.8) is 0 Å². The molecule has 1 aromatic carbocycles. The van der Waals surface area contributed by atoms with E-state index in [2.05, 4.69) is 4.98 Å². The standard InChI is InChI=1S/C12H8ClNO3/c13-9-6-7(4-5-8(9)12(16)17)10-2-1-3-11(15)14-10/h1-6H,(H,14,15)(H,16,17). The predicted molar refractivity (Wildman–Crippen MR) is 64.5 cm³/mol. The monoisotopic (exact) mass is 249 g/mol. The molecule has 4 nitrogen and oxygen atoms in total. The Labute approximate surface area is 101 Å². The number of aromatic nitrogens is 1. The molecule has 0 radical (unpaired) electrons. The first-order chi connectivity index (χ1) is 8.08. The van der Waals surface area contributed by atoms with E-state index >= 15 is 0 Å². The van der Waals surface area contributed by atoms with Gasteiger partial charge in [-0.05, 0) is 23.8 Å². The Morgan fingerprint density at radius 1 is 1.24 bits per heavy atom. The van der Waals surface area contributed by atoms with Crippen LogP contribution in [-0.4, -0.2) is 16.1 Å². The molecule has 0 saturated heterocycles. The molecule has 0 aliphatic heterocycles. The van der Waals surface area contributed by atoms with Crippen molar-refractivity contribution < 1.29 is 9.90 Å². The average Bonchev–Trinajstić information content (AvgIpc) is 2.28. The molecule has 2 aromatic rings. The van der Waals surface area contributed by atoms with Crippen LogP contribution in [0, 0.1) is 0 Å². The summed E-state index contributed by atoms with van der Waals surface area (Å²) >= 11 is 5.84. The average molecular weight is 250 g/mol. The Kier molecular flexibility index (Phi) is 2.97. The summed E-state index contributed by atoms with van der Waals surface area (Å²) in [5.41, 5.74) is 1.07. The lowest BCUT2D eigenvalue weighted by Crippen LogP contribution is -2.04. The van der Waals surface area contributed by atoms with Gasteiger partial charge in [-0.3, -0.25) is 4.79 Å². The van der Waals surface area contributed by atoms with Crippen molar-refractivity contribution in [3.05, 3.63) is 57.3 Å². The molecule has 1 aromatic heterocycles. The van der Waals surface area contributed by atoms with Gasteiger partial charge >= 0.3 is 5.97 Å². The molecule has 2 rings (SSSR count). The van der Waals surface area contributed by atoms with Crippen LogP contribution in [0.15, 0.2) is 41.2 Å². The van der Waals surface area contributed by atoms with Gasteiger partial charge in [0.05, 0.1) is 10.6 Å². The summed E-state index contributed by atoms with van der Waals surface area (Å²) < 4.78 is 0. The van der Waals surface area contributed by atoms with Crippen molar-refractivity contribution in [1.82, 2.24) is 4.98 Å². The second-order valence-electron chi connectivity index (χ2n) is 3.43. The minimum Gasteiger partial charge on any atom is -0.478 e. The topological polar surface area (TPSA) is 70.2 Å². The second kappa shape index (κ2) is 4.43. The molecule has 0 aliphatic carbocycles. The lowest BCUT2D eigenvalue weighted by molar-refractivity contribution is 0.0697. The van der Waals surface area contributed by atoms with Crippen molar-refractivity contribution >= 4 is 17.6 Å². The Morgan fingerprint density at radius 3 is 2.59 bits per heavy atom. The molecule has 86 valence electrons. The lowest BCUT2D eigenvalue weighted by Gasteiger charge is -2.04. The van der Waals surface area contributed by atoms with Gasteiger partial charge in [-0.15, -0.1) is 0 Å². The zero-order valence-corrected chi connectivity index (χ0v) is 9.36. The van der Waals surface area contributed by atoms with Gasteiger partial charge in [0.2, 0.25) is 5.56 Å². The van der Waals surface area contributed by atoms with E-state index in [9.17, 15) is 9.59 Å². The normalized spacial score (nSPS) is 10.2. The van der Waals surface area contributed by atoms with Gasteiger partial charge < -0.3 is 10.1 Å². The summed E-state index contributed by atoms with van der Waals surface area (Å²) in [7, 11) is 0. The molecule has 1 heterocycles. The highest BCUT2D eigenvalue weighted by Gasteiger charge is 2.09. The number of carboxylic acid groups (broad SMARTS) is 1. The number of aromatic amines is 1. The Balaban J connectivity index is 2.52. The number of hydrogen-bond acceptors (Lipinski definition) is 2. The fourth-order valence-electron chi connectivity index (χ4n) is 1.47. The molecule has 0 aliphatic rings. The highest BCUT2D eigenvalue weighted by Crippen LogP contribution is 2.23. The maximum atomic E-state index is 11.1. The third-order valence-electron chi connectivity index (χ3n) is 2.28. The van der Waals surface area contributed by atoms with Gasteiger partial charge in [0.15, 0.2) is 0 Å². The maximum Gasteiger partial charge on any atom is 0.337 e. The van der Waals surface area contributed by atoms with Crippen LogP contribution >= 0.6 is 11.6 Å². The van der Waals surface area contributed by atoms with Crippen molar-refractivity contribution in [2.24, 2.45) is 0 Å². The number of halogens is 1. The fraction of sp³-hybridized carbons (Fsp3) is 0. The molecule has 0 bridgehead atoms. The third kappa shape index (κ3) is 2.37. The van der Waals surface area contributed by atoms with E-state index in [1.54, 1.807) is 18.2 Å². The van der Waals surface area contributed by atoms with Gasteiger partial charge in [0, 0.05) is 11.8 Å². The van der Waals surface area contributed by atoms with Gasteiger partial charge in [-0.1, -0.05) is 23.7 Å². The first-order valence-corrected chi connectivity index (χ1v) is 5.18. The van der Waals surface area contributed by atoms with Crippen LogP contribution in [0.1, 0.15) is 10.4 Å².